The van der Waals surface area contributed by atoms with E-state index in [2.05, 4.69) is 0 Å². The molecule has 0 N–H and O–H groups in total. The first-order chi connectivity index (χ1) is 13.8. The van der Waals surface area contributed by atoms with Crippen LogP contribution in [0.3, 0.4) is 0 Å². The predicted molar refractivity (Wildman–Crippen MR) is 109 cm³/mol. The smallest absolute Gasteiger partial charge is 0.253 e. The molecule has 0 unspecified atom stereocenters. The number of ketones is 1. The van der Waals surface area contributed by atoms with Crippen LogP contribution in [-0.4, -0.2) is 32.1 Å². The third-order valence-electron chi connectivity index (χ3n) is 5.07. The number of sulfone groups is 1. The van der Waals surface area contributed by atoms with Crippen molar-refractivity contribution in [1.82, 2.24) is 4.90 Å². The van der Waals surface area contributed by atoms with Gasteiger partial charge in [0, 0.05) is 30.3 Å². The number of fused-ring (bicyclic) bond motifs is 2. The second kappa shape index (κ2) is 6.97. The summed E-state index contributed by atoms with van der Waals surface area (Å²) in [7, 11) is -2.21. The molecule has 5 nitrogen and oxygen atoms in total. The SMILES string of the molecule is Cc1ccc(CN(C)C(=O)c2ccc3c(c2)S(=O)(=O)c2ccccc2C3=O)cc1. The molecule has 1 amide bonds. The van der Waals surface area contributed by atoms with E-state index in [1.165, 1.54) is 35.2 Å². The van der Waals surface area contributed by atoms with Crippen molar-refractivity contribution in [2.75, 3.05) is 7.05 Å². The van der Waals surface area contributed by atoms with Gasteiger partial charge in [-0.3, -0.25) is 9.59 Å². The third-order valence-corrected chi connectivity index (χ3v) is 6.92. The average molecular weight is 405 g/mol. The Morgan fingerprint density at radius 1 is 0.897 bits per heavy atom. The first kappa shape index (κ1) is 19.1. The van der Waals surface area contributed by atoms with Gasteiger partial charge in [-0.1, -0.05) is 42.0 Å². The van der Waals surface area contributed by atoms with Crippen molar-refractivity contribution < 1.29 is 18.0 Å². The van der Waals surface area contributed by atoms with Crippen LogP contribution < -0.4 is 0 Å². The summed E-state index contributed by atoms with van der Waals surface area (Å²) in [5.74, 6) is -0.660. The predicted octanol–water partition coefficient (Wildman–Crippen LogP) is 3.64. The van der Waals surface area contributed by atoms with Crippen LogP contribution in [0.25, 0.3) is 0 Å². The lowest BCUT2D eigenvalue weighted by atomic mass is 10.0. The van der Waals surface area contributed by atoms with Gasteiger partial charge in [-0.05, 0) is 42.8 Å². The van der Waals surface area contributed by atoms with Gasteiger partial charge >= 0.3 is 0 Å². The fourth-order valence-corrected chi connectivity index (χ4v) is 5.15. The lowest BCUT2D eigenvalue weighted by Crippen LogP contribution is -2.27. The Kier molecular flexibility index (Phi) is 4.59. The molecule has 3 aromatic rings. The quantitative estimate of drug-likeness (QED) is 0.522. The molecule has 1 aliphatic rings. The number of hydrogen-bond donors (Lipinski definition) is 0. The van der Waals surface area contributed by atoms with E-state index in [1.807, 2.05) is 31.2 Å². The van der Waals surface area contributed by atoms with Crippen molar-refractivity contribution in [3.8, 4) is 0 Å². The number of hydrogen-bond acceptors (Lipinski definition) is 4. The summed E-state index contributed by atoms with van der Waals surface area (Å²) in [6.45, 7) is 2.39. The van der Waals surface area contributed by atoms with Crippen molar-refractivity contribution in [2.45, 2.75) is 23.3 Å². The number of carbonyl (C=O) groups excluding carboxylic acids is 2. The molecular weight excluding hydrogens is 386 g/mol. The monoisotopic (exact) mass is 405 g/mol. The molecule has 0 saturated carbocycles. The largest absolute Gasteiger partial charge is 0.337 e. The summed E-state index contributed by atoms with van der Waals surface area (Å²) >= 11 is 0. The van der Waals surface area contributed by atoms with Gasteiger partial charge < -0.3 is 4.90 Å². The van der Waals surface area contributed by atoms with Gasteiger partial charge in [0.25, 0.3) is 5.91 Å². The summed E-state index contributed by atoms with van der Waals surface area (Å²) in [5.41, 5.74) is 2.60. The van der Waals surface area contributed by atoms with Gasteiger partial charge in [-0.2, -0.15) is 0 Å². The molecule has 0 fully saturated rings. The number of rotatable bonds is 3. The van der Waals surface area contributed by atoms with Crippen LogP contribution in [0.5, 0.6) is 0 Å². The molecule has 0 aliphatic carbocycles. The molecule has 0 atom stereocenters. The average Bonchev–Trinajstić information content (AvgIpc) is 2.73. The van der Waals surface area contributed by atoms with Crippen LogP contribution >= 0.6 is 0 Å². The minimum atomic E-state index is -3.87. The number of aryl methyl sites for hydroxylation is 1. The van der Waals surface area contributed by atoms with Crippen molar-refractivity contribution in [3.63, 3.8) is 0 Å². The number of benzene rings is 3. The second-order valence-electron chi connectivity index (χ2n) is 7.19. The molecule has 146 valence electrons. The molecule has 0 radical (unpaired) electrons. The van der Waals surface area contributed by atoms with Crippen LogP contribution in [0, 0.1) is 6.92 Å². The lowest BCUT2D eigenvalue weighted by molar-refractivity contribution is 0.0784. The minimum Gasteiger partial charge on any atom is -0.337 e. The van der Waals surface area contributed by atoms with E-state index >= 15 is 0 Å². The maximum Gasteiger partial charge on any atom is 0.253 e. The zero-order valence-electron chi connectivity index (χ0n) is 16.0. The van der Waals surface area contributed by atoms with Gasteiger partial charge in [-0.15, -0.1) is 0 Å². The van der Waals surface area contributed by atoms with Crippen LogP contribution in [0.15, 0.2) is 76.5 Å². The van der Waals surface area contributed by atoms with Crippen molar-refractivity contribution in [1.29, 1.82) is 0 Å². The molecular formula is C23H19NO4S. The van der Waals surface area contributed by atoms with Crippen LogP contribution in [0.4, 0.5) is 0 Å². The van der Waals surface area contributed by atoms with Crippen molar-refractivity contribution >= 4 is 21.5 Å². The molecule has 0 aromatic heterocycles. The molecule has 1 aliphatic heterocycles. The molecule has 1 heterocycles. The van der Waals surface area contributed by atoms with E-state index in [0.717, 1.165) is 11.1 Å². The van der Waals surface area contributed by atoms with E-state index in [4.69, 9.17) is 0 Å². The Hall–Kier alpha value is -3.25. The first-order valence-electron chi connectivity index (χ1n) is 9.13. The molecule has 3 aromatic carbocycles. The fourth-order valence-electron chi connectivity index (χ4n) is 3.48. The van der Waals surface area contributed by atoms with Gasteiger partial charge in [0.05, 0.1) is 9.79 Å². The number of amides is 1. The Morgan fingerprint density at radius 3 is 2.28 bits per heavy atom. The van der Waals surface area contributed by atoms with Crippen molar-refractivity contribution in [3.05, 3.63) is 94.5 Å². The van der Waals surface area contributed by atoms with Crippen LogP contribution in [0.1, 0.15) is 37.4 Å². The Balaban J connectivity index is 1.69. The Morgan fingerprint density at radius 2 is 1.55 bits per heavy atom. The molecule has 29 heavy (non-hydrogen) atoms. The topological polar surface area (TPSA) is 71.5 Å². The van der Waals surface area contributed by atoms with E-state index in [9.17, 15) is 18.0 Å². The highest BCUT2D eigenvalue weighted by Gasteiger charge is 2.35. The first-order valence-corrected chi connectivity index (χ1v) is 10.6. The van der Waals surface area contributed by atoms with E-state index < -0.39 is 9.84 Å². The normalized spacial score (nSPS) is 14.1. The number of carbonyl (C=O) groups is 2. The molecule has 4 rings (SSSR count). The van der Waals surface area contributed by atoms with E-state index in [-0.39, 0.29) is 38.2 Å². The van der Waals surface area contributed by atoms with E-state index in [0.29, 0.717) is 6.54 Å². The summed E-state index contributed by atoms with van der Waals surface area (Å²) in [5, 5.41) is 0. The zero-order chi connectivity index (χ0) is 20.8. The number of nitrogens with zero attached hydrogens (tertiary/aromatic N) is 1. The fraction of sp³-hybridized carbons (Fsp3) is 0.130. The summed E-state index contributed by atoms with van der Waals surface area (Å²) in [4.78, 5) is 27.0. The zero-order valence-corrected chi connectivity index (χ0v) is 16.9. The Bertz CT molecular complexity index is 1240. The maximum atomic E-state index is 13.0. The summed E-state index contributed by atoms with van der Waals surface area (Å²) in [6.07, 6.45) is 0. The lowest BCUT2D eigenvalue weighted by Gasteiger charge is -2.21. The second-order valence-corrected chi connectivity index (χ2v) is 9.07. The van der Waals surface area contributed by atoms with Crippen LogP contribution in [0.2, 0.25) is 0 Å². The molecule has 0 bridgehead atoms. The standard InChI is InChI=1S/C23H19NO4S/c1-15-7-9-16(10-8-15)14-24(2)23(26)17-11-12-19-21(13-17)29(27,28)20-6-4-3-5-18(20)22(19)25/h3-13H,14H2,1-2H3. The highest BCUT2D eigenvalue weighted by atomic mass is 32.2. The molecule has 6 heteroatoms. The van der Waals surface area contributed by atoms with Gasteiger partial charge in [0.15, 0.2) is 5.78 Å². The van der Waals surface area contributed by atoms with Crippen LogP contribution in [-0.2, 0) is 16.4 Å². The van der Waals surface area contributed by atoms with E-state index in [1.54, 1.807) is 19.2 Å². The highest BCUT2D eigenvalue weighted by molar-refractivity contribution is 7.91. The minimum absolute atomic E-state index is 0.0184. The van der Waals surface area contributed by atoms with Crippen molar-refractivity contribution in [2.24, 2.45) is 0 Å². The van der Waals surface area contributed by atoms with Gasteiger partial charge in [-0.25, -0.2) is 8.42 Å². The summed E-state index contributed by atoms with van der Waals surface area (Å²) < 4.78 is 26.1. The third kappa shape index (κ3) is 3.25. The molecule has 0 spiro atoms. The summed E-state index contributed by atoms with van der Waals surface area (Å²) in [6, 6.07) is 18.2. The Labute approximate surface area is 169 Å². The highest BCUT2D eigenvalue weighted by Crippen LogP contribution is 2.34. The van der Waals surface area contributed by atoms with Gasteiger partial charge in [0.2, 0.25) is 9.84 Å². The molecule has 0 saturated heterocycles. The van der Waals surface area contributed by atoms with Gasteiger partial charge in [0.1, 0.15) is 0 Å². The maximum absolute atomic E-state index is 13.0.